The monoisotopic (exact) mass is 220 g/mol. The maximum absolute atomic E-state index is 5.17. The van der Waals surface area contributed by atoms with Crippen molar-refractivity contribution >= 4 is 0 Å². The minimum absolute atomic E-state index is 0.119. The first-order chi connectivity index (χ1) is 3.43. The zero-order valence-corrected chi connectivity index (χ0v) is 6.18. The van der Waals surface area contributed by atoms with E-state index in [1.165, 1.54) is 0 Å². The third-order valence-electron chi connectivity index (χ3n) is 0.772. The molecule has 0 amide bonds. The molecule has 0 bridgehead atoms. The Morgan fingerprint density at radius 1 is 1.86 bits per heavy atom. The van der Waals surface area contributed by atoms with Crippen LogP contribution in [-0.2, 0) is 4.79 Å². The Balaban J connectivity index is 2.14. The van der Waals surface area contributed by atoms with E-state index >= 15 is 0 Å². The number of ether oxygens (including phenoxy) is 1. The van der Waals surface area contributed by atoms with E-state index in [0.717, 1.165) is 7.50 Å². The van der Waals surface area contributed by atoms with Crippen molar-refractivity contribution in [2.75, 3.05) is 1.07 Å². The van der Waals surface area contributed by atoms with Crippen LogP contribution in [0.1, 0.15) is 13.3 Å². The van der Waals surface area contributed by atoms with Crippen LogP contribution < -0.4 is 0 Å². The molecule has 1 saturated heterocycles. The summed E-state index contributed by atoms with van der Waals surface area (Å²) in [5, 5.41) is 0. The first-order valence-corrected chi connectivity index (χ1v) is 4.52. The third-order valence-corrected chi connectivity index (χ3v) is 2.21. The molecular weight excluding hydrogens is 211 g/mol. The van der Waals surface area contributed by atoms with Gasteiger partial charge < -0.3 is 0 Å². The summed E-state index contributed by atoms with van der Waals surface area (Å²) in [7, 11) is 0. The molecule has 0 aliphatic carbocycles. The molecule has 1 fully saturated rings. The summed E-state index contributed by atoms with van der Waals surface area (Å²) in [6.07, 6.45) is 1.13. The fourth-order valence-electron chi connectivity index (χ4n) is 0.380. The number of hydrogen-bond donors (Lipinski definition) is 0. The van der Waals surface area contributed by atoms with Crippen LogP contribution in [0.25, 0.3) is 0 Å². The molecule has 44 valence electrons. The van der Waals surface area contributed by atoms with Gasteiger partial charge in [-0.1, -0.05) is 0 Å². The van der Waals surface area contributed by atoms with E-state index in [1.54, 1.807) is 0 Å². The van der Waals surface area contributed by atoms with Crippen LogP contribution in [0.4, 0.5) is 0 Å². The molecule has 3 heteroatoms. The van der Waals surface area contributed by atoms with Crippen molar-refractivity contribution in [1.29, 1.82) is 0 Å². The van der Waals surface area contributed by atoms with Gasteiger partial charge in [0.15, 0.2) is 0 Å². The van der Waals surface area contributed by atoms with E-state index in [0.29, 0.717) is 0 Å². The van der Waals surface area contributed by atoms with E-state index < -0.39 is 0 Å². The van der Waals surface area contributed by atoms with Crippen molar-refractivity contribution in [1.82, 2.24) is 0 Å². The second-order valence-electron chi connectivity index (χ2n) is 1.29. The van der Waals surface area contributed by atoms with Crippen LogP contribution in [0.2, 0.25) is 0 Å². The zero-order chi connectivity index (χ0) is 5.11. The van der Waals surface area contributed by atoms with Gasteiger partial charge in [0, 0.05) is 0 Å². The third kappa shape index (κ3) is 2.05. The van der Waals surface area contributed by atoms with Crippen LogP contribution >= 0.6 is 0 Å². The van der Waals surface area contributed by atoms with Crippen LogP contribution in [-0.4, -0.2) is 7.36 Å². The summed E-state index contributed by atoms with van der Waals surface area (Å²) in [5.41, 5.74) is 0. The average Bonchev–Trinajstić information content (AvgIpc) is 2.14. The van der Waals surface area contributed by atoms with Gasteiger partial charge in [-0.2, -0.15) is 0 Å². The number of rotatable bonds is 1. The Morgan fingerprint density at radius 3 is 3.00 bits per heavy atom. The fourth-order valence-corrected chi connectivity index (χ4v) is 1.88. The van der Waals surface area contributed by atoms with Crippen LogP contribution in [0, 0.1) is 44.9 Å². The van der Waals surface area contributed by atoms with Gasteiger partial charge in [0.1, 0.15) is 0 Å². The Morgan fingerprint density at radius 2 is 2.71 bits per heavy atom. The maximum atomic E-state index is 5.17. The van der Waals surface area contributed by atoms with Gasteiger partial charge in [-0.05, 0) is 0 Å². The summed E-state index contributed by atoms with van der Waals surface area (Å²) >= 11 is 0.119. The van der Waals surface area contributed by atoms with Crippen molar-refractivity contribution in [3.05, 3.63) is 0 Å². The standard InChI is InChI=1S/C4H8O2Xe/c1-2-4-5-3-7-6-4/h4H,2-3H2,1H3. The van der Waals surface area contributed by atoms with Crippen molar-refractivity contribution < 1.29 is 49.6 Å². The SMILES string of the molecule is CCC1OC[Xe]O1. The van der Waals surface area contributed by atoms with Crippen LogP contribution in [0.15, 0.2) is 0 Å². The Hall–Kier alpha value is 1.49. The molecule has 0 spiro atoms. The fraction of sp³-hybridized carbons (Fsp3) is 1.00. The molecule has 0 aromatic carbocycles. The van der Waals surface area contributed by atoms with Gasteiger partial charge in [-0.15, -0.1) is 0 Å². The molecule has 7 heavy (non-hydrogen) atoms. The molecule has 1 aliphatic heterocycles. The summed E-state index contributed by atoms with van der Waals surface area (Å²) in [4.78, 5) is 0. The minimum atomic E-state index is 0.119. The quantitative estimate of drug-likeness (QED) is 0.647. The predicted octanol–water partition coefficient (Wildman–Crippen LogP) is 0.727. The molecule has 1 rings (SSSR count). The summed E-state index contributed by atoms with van der Waals surface area (Å²) in [6.45, 7) is 2.07. The van der Waals surface area contributed by atoms with Gasteiger partial charge >= 0.3 is 70.4 Å². The predicted molar refractivity (Wildman–Crippen MR) is 21.1 cm³/mol. The molecule has 1 unspecified atom stereocenters. The van der Waals surface area contributed by atoms with Gasteiger partial charge in [-0.25, -0.2) is 0 Å². The van der Waals surface area contributed by atoms with E-state index in [1.807, 2.05) is 0 Å². The molecule has 0 aromatic rings. The number of hydrogen-bond acceptors (Lipinski definition) is 2. The van der Waals surface area contributed by atoms with E-state index in [-0.39, 0.29) is 51.1 Å². The topological polar surface area (TPSA) is 18.5 Å². The summed E-state index contributed by atoms with van der Waals surface area (Å²) in [5.74, 6) is 0. The van der Waals surface area contributed by atoms with E-state index in [2.05, 4.69) is 6.92 Å². The zero-order valence-electron chi connectivity index (χ0n) is 4.16. The van der Waals surface area contributed by atoms with Gasteiger partial charge in [0.25, 0.3) is 0 Å². The normalized spacial score (nSPS) is 32.4. The summed E-state index contributed by atoms with van der Waals surface area (Å²) < 4.78 is 11.2. The van der Waals surface area contributed by atoms with E-state index in [4.69, 9.17) is 4.79 Å². The molecule has 1 atom stereocenters. The summed E-state index contributed by atoms with van der Waals surface area (Å²) in [6, 6.07) is 0. The van der Waals surface area contributed by atoms with Crippen molar-refractivity contribution in [2.45, 2.75) is 19.6 Å². The Labute approximate surface area is 69.2 Å². The van der Waals surface area contributed by atoms with Gasteiger partial charge in [-0.3, -0.25) is 0 Å². The Bertz CT molecular complexity index is 51.7. The molecule has 1 aliphatic rings. The van der Waals surface area contributed by atoms with Gasteiger partial charge in [0.2, 0.25) is 0 Å². The van der Waals surface area contributed by atoms with Crippen LogP contribution in [0.5, 0.6) is 0 Å². The molecule has 0 aromatic heterocycles. The molecule has 1 heterocycles. The Kier molecular flexibility index (Phi) is 3.31. The van der Waals surface area contributed by atoms with E-state index in [9.17, 15) is 0 Å². The average molecular weight is 219 g/mol. The van der Waals surface area contributed by atoms with Crippen LogP contribution in [0.3, 0.4) is 0 Å². The van der Waals surface area contributed by atoms with Crippen molar-refractivity contribution in [3.8, 4) is 0 Å². The molecule has 0 N–H and O–H groups in total. The molecule has 0 saturated carbocycles. The second kappa shape index (κ2) is 3.50. The van der Waals surface area contributed by atoms with Gasteiger partial charge in [0.05, 0.1) is 0 Å². The first-order valence-electron chi connectivity index (χ1n) is 2.27. The molecular formula is C4H8O2Xe. The van der Waals surface area contributed by atoms with Crippen molar-refractivity contribution in [2.24, 2.45) is 0 Å². The second-order valence-corrected chi connectivity index (χ2v) is 2.93. The first kappa shape index (κ1) is 6.61. The van der Waals surface area contributed by atoms with Crippen molar-refractivity contribution in [3.63, 3.8) is 0 Å². The molecule has 0 radical (unpaired) electrons. The molecule has 2 nitrogen and oxygen atoms in total.